The van der Waals surface area contributed by atoms with Gasteiger partial charge >= 0.3 is 0 Å². The fourth-order valence-electron chi connectivity index (χ4n) is 1.26. The van der Waals surface area contributed by atoms with Gasteiger partial charge in [0.25, 0.3) is 0 Å². The molecule has 4 heteroatoms. The number of hydrogen-bond acceptors (Lipinski definition) is 2. The highest BCUT2D eigenvalue weighted by atomic mass is 127. The Morgan fingerprint density at radius 2 is 2.27 bits per heavy atom. The Morgan fingerprint density at radius 1 is 1.53 bits per heavy atom. The normalized spacial score (nSPS) is 12.5. The quantitative estimate of drug-likeness (QED) is 0.827. The molecule has 0 saturated carbocycles. The maximum Gasteiger partial charge on any atom is 0.0648 e. The zero-order chi connectivity index (χ0) is 11.3. The Morgan fingerprint density at radius 3 is 2.87 bits per heavy atom. The van der Waals surface area contributed by atoms with Crippen molar-refractivity contribution in [3.63, 3.8) is 0 Å². The number of methoxy groups -OCH3 is 1. The molecule has 1 N–H and O–H groups in total. The van der Waals surface area contributed by atoms with E-state index in [0.717, 1.165) is 27.4 Å². The minimum Gasteiger partial charge on any atom is -0.384 e. The Balaban J connectivity index is 2.50. The van der Waals surface area contributed by atoms with E-state index in [4.69, 9.17) is 16.3 Å². The fourth-order valence-corrected chi connectivity index (χ4v) is 2.18. The van der Waals surface area contributed by atoms with Gasteiger partial charge in [-0.1, -0.05) is 18.5 Å². The van der Waals surface area contributed by atoms with Crippen LogP contribution in [-0.2, 0) is 4.74 Å². The van der Waals surface area contributed by atoms with E-state index in [1.54, 1.807) is 7.11 Å². The summed E-state index contributed by atoms with van der Waals surface area (Å²) in [6.45, 7) is 3.76. The van der Waals surface area contributed by atoms with E-state index >= 15 is 0 Å². The Kier molecular flexibility index (Phi) is 5.71. The molecule has 1 aromatic rings. The lowest BCUT2D eigenvalue weighted by Crippen LogP contribution is -2.15. The van der Waals surface area contributed by atoms with Gasteiger partial charge in [-0.15, -0.1) is 0 Å². The smallest absolute Gasteiger partial charge is 0.0648 e. The van der Waals surface area contributed by atoms with Crippen LogP contribution in [0, 0.1) is 9.49 Å². The third-order valence-corrected chi connectivity index (χ3v) is 3.01. The summed E-state index contributed by atoms with van der Waals surface area (Å²) in [7, 11) is 1.72. The monoisotopic (exact) mass is 339 g/mol. The predicted octanol–water partition coefficient (Wildman–Crippen LogP) is 3.64. The predicted molar refractivity (Wildman–Crippen MR) is 73.7 cm³/mol. The van der Waals surface area contributed by atoms with Crippen molar-refractivity contribution in [2.24, 2.45) is 5.92 Å². The summed E-state index contributed by atoms with van der Waals surface area (Å²) < 4.78 is 6.21. The first kappa shape index (κ1) is 13.1. The minimum atomic E-state index is 0.477. The number of nitrogens with one attached hydrogen (secondary N) is 1. The first-order chi connectivity index (χ1) is 7.13. The summed E-state index contributed by atoms with van der Waals surface area (Å²) in [5, 5.41) is 4.08. The lowest BCUT2D eigenvalue weighted by Gasteiger charge is -2.13. The number of halogens is 2. The van der Waals surface area contributed by atoms with E-state index in [1.807, 2.05) is 18.2 Å². The van der Waals surface area contributed by atoms with Crippen LogP contribution in [0.15, 0.2) is 18.2 Å². The van der Waals surface area contributed by atoms with Crippen LogP contribution in [0.25, 0.3) is 0 Å². The van der Waals surface area contributed by atoms with Gasteiger partial charge in [-0.3, -0.25) is 0 Å². The van der Waals surface area contributed by atoms with E-state index in [0.29, 0.717) is 5.92 Å². The molecule has 0 radical (unpaired) electrons. The summed E-state index contributed by atoms with van der Waals surface area (Å²) in [5.74, 6) is 0.477. The number of anilines is 1. The molecule has 1 aromatic carbocycles. The van der Waals surface area contributed by atoms with E-state index in [2.05, 4.69) is 34.8 Å². The molecule has 0 saturated heterocycles. The molecule has 84 valence electrons. The van der Waals surface area contributed by atoms with Crippen LogP contribution < -0.4 is 5.32 Å². The van der Waals surface area contributed by atoms with Gasteiger partial charge < -0.3 is 10.1 Å². The summed E-state index contributed by atoms with van der Waals surface area (Å²) in [6, 6.07) is 5.99. The standard InChI is InChI=1S/C11H15ClINO/c1-8(7-15-2)6-14-11-4-3-9(13)5-10(11)12/h3-5,8,14H,6-7H2,1-2H3. The van der Waals surface area contributed by atoms with Crippen LogP contribution in [0.2, 0.25) is 5.02 Å². The molecule has 1 atom stereocenters. The van der Waals surface area contributed by atoms with Gasteiger partial charge in [0.2, 0.25) is 0 Å². The molecule has 1 rings (SSSR count). The molecule has 0 spiro atoms. The number of rotatable bonds is 5. The van der Waals surface area contributed by atoms with Gasteiger partial charge in [0, 0.05) is 17.2 Å². The third kappa shape index (κ3) is 4.57. The number of hydrogen-bond donors (Lipinski definition) is 1. The lowest BCUT2D eigenvalue weighted by molar-refractivity contribution is 0.164. The van der Waals surface area contributed by atoms with E-state index in [9.17, 15) is 0 Å². The molecule has 15 heavy (non-hydrogen) atoms. The van der Waals surface area contributed by atoms with Crippen molar-refractivity contribution in [2.75, 3.05) is 25.6 Å². The first-order valence-electron chi connectivity index (χ1n) is 4.81. The second-order valence-electron chi connectivity index (χ2n) is 3.57. The van der Waals surface area contributed by atoms with E-state index < -0.39 is 0 Å². The number of benzene rings is 1. The minimum absolute atomic E-state index is 0.477. The largest absolute Gasteiger partial charge is 0.384 e. The molecule has 2 nitrogen and oxygen atoms in total. The van der Waals surface area contributed by atoms with Crippen LogP contribution in [0.3, 0.4) is 0 Å². The van der Waals surface area contributed by atoms with Gasteiger partial charge in [0.05, 0.1) is 17.3 Å². The molecule has 0 fully saturated rings. The zero-order valence-corrected chi connectivity index (χ0v) is 11.8. The Bertz CT molecular complexity index is 319. The SMILES string of the molecule is COCC(C)CNc1ccc(I)cc1Cl. The lowest BCUT2D eigenvalue weighted by atomic mass is 10.2. The van der Waals surface area contributed by atoms with Gasteiger partial charge in [0.15, 0.2) is 0 Å². The molecular weight excluding hydrogens is 324 g/mol. The summed E-state index contributed by atoms with van der Waals surface area (Å²) >= 11 is 8.34. The van der Waals surface area contributed by atoms with Crippen molar-refractivity contribution < 1.29 is 4.74 Å². The maximum absolute atomic E-state index is 6.09. The molecule has 0 aromatic heterocycles. The van der Waals surface area contributed by atoms with Crippen molar-refractivity contribution in [3.05, 3.63) is 26.8 Å². The molecular formula is C11H15ClINO. The van der Waals surface area contributed by atoms with Crippen molar-refractivity contribution in [3.8, 4) is 0 Å². The van der Waals surface area contributed by atoms with Gasteiger partial charge in [-0.25, -0.2) is 0 Å². The van der Waals surface area contributed by atoms with Crippen LogP contribution in [0.1, 0.15) is 6.92 Å². The van der Waals surface area contributed by atoms with Crippen LogP contribution >= 0.6 is 34.2 Å². The summed E-state index contributed by atoms with van der Waals surface area (Å²) in [6.07, 6.45) is 0. The average Bonchev–Trinajstić information content (AvgIpc) is 2.17. The highest BCUT2D eigenvalue weighted by Gasteiger charge is 2.03. The van der Waals surface area contributed by atoms with Gasteiger partial charge in [-0.2, -0.15) is 0 Å². The first-order valence-corrected chi connectivity index (χ1v) is 6.27. The van der Waals surface area contributed by atoms with Crippen molar-refractivity contribution in [1.82, 2.24) is 0 Å². The van der Waals surface area contributed by atoms with Crippen molar-refractivity contribution >= 4 is 39.9 Å². The van der Waals surface area contributed by atoms with E-state index in [-0.39, 0.29) is 0 Å². The molecule has 0 heterocycles. The topological polar surface area (TPSA) is 21.3 Å². The second kappa shape index (κ2) is 6.55. The molecule has 1 unspecified atom stereocenters. The molecule has 0 aliphatic heterocycles. The molecule has 0 bridgehead atoms. The molecule has 0 aliphatic rings. The highest BCUT2D eigenvalue weighted by molar-refractivity contribution is 14.1. The highest BCUT2D eigenvalue weighted by Crippen LogP contribution is 2.23. The molecule has 0 aliphatic carbocycles. The van der Waals surface area contributed by atoms with E-state index in [1.165, 1.54) is 0 Å². The Hall–Kier alpha value is -0.0000000000000000555. The second-order valence-corrected chi connectivity index (χ2v) is 5.22. The summed E-state index contributed by atoms with van der Waals surface area (Å²) in [5.41, 5.74) is 0.986. The van der Waals surface area contributed by atoms with Crippen molar-refractivity contribution in [1.29, 1.82) is 0 Å². The zero-order valence-electron chi connectivity index (χ0n) is 8.89. The van der Waals surface area contributed by atoms with Crippen molar-refractivity contribution in [2.45, 2.75) is 6.92 Å². The van der Waals surface area contributed by atoms with Gasteiger partial charge in [-0.05, 0) is 46.7 Å². The summed E-state index contributed by atoms with van der Waals surface area (Å²) in [4.78, 5) is 0. The Labute approximate surface area is 109 Å². The maximum atomic E-state index is 6.09. The van der Waals surface area contributed by atoms with Gasteiger partial charge in [0.1, 0.15) is 0 Å². The number of ether oxygens (including phenoxy) is 1. The van der Waals surface area contributed by atoms with Crippen LogP contribution in [0.4, 0.5) is 5.69 Å². The molecule has 0 amide bonds. The average molecular weight is 340 g/mol. The fraction of sp³-hybridized carbons (Fsp3) is 0.455. The van der Waals surface area contributed by atoms with Crippen LogP contribution in [-0.4, -0.2) is 20.3 Å². The third-order valence-electron chi connectivity index (χ3n) is 2.02. The van der Waals surface area contributed by atoms with Crippen LogP contribution in [0.5, 0.6) is 0 Å².